The molecule has 0 aromatic heterocycles. The van der Waals surface area contributed by atoms with Crippen LogP contribution in [0.4, 0.5) is 4.79 Å². The van der Waals surface area contributed by atoms with E-state index in [1.807, 2.05) is 69.2 Å². The molecule has 0 aromatic rings. The van der Waals surface area contributed by atoms with E-state index in [0.29, 0.717) is 58.5 Å². The predicted molar refractivity (Wildman–Crippen MR) is 348 cm³/mol. The third kappa shape index (κ3) is 69.0. The maximum absolute atomic E-state index is 12.6. The molecule has 1 aliphatic carbocycles. The smallest absolute Gasteiger partial charge is 0.410 e. The molecule has 2 fully saturated rings. The topological polar surface area (TPSA) is 185 Å². The lowest BCUT2D eigenvalue weighted by Crippen LogP contribution is -2.54. The van der Waals surface area contributed by atoms with Gasteiger partial charge in [0.05, 0.1) is 71.8 Å². The molecule has 1 heterocycles. The number of ether oxygens (including phenoxy) is 6. The Hall–Kier alpha value is -3.79. The van der Waals surface area contributed by atoms with Crippen LogP contribution < -0.4 is 0 Å². The quantitative estimate of drug-likeness (QED) is 0.0243. The highest BCUT2D eigenvalue weighted by Gasteiger charge is 2.34. The van der Waals surface area contributed by atoms with Crippen molar-refractivity contribution in [3.63, 3.8) is 0 Å². The maximum Gasteiger partial charge on any atom is 0.410 e. The molecule has 0 aromatic carbocycles. The molecule has 84 heavy (non-hydrogen) atoms. The summed E-state index contributed by atoms with van der Waals surface area (Å²) < 4.78 is 31.8. The second-order valence-corrected chi connectivity index (χ2v) is 20.3. The lowest BCUT2D eigenvalue weighted by Gasteiger charge is -2.39. The van der Waals surface area contributed by atoms with Crippen LogP contribution in [0.2, 0.25) is 0 Å². The summed E-state index contributed by atoms with van der Waals surface area (Å²) in [5.41, 5.74) is 0. The molecule has 1 saturated carbocycles. The van der Waals surface area contributed by atoms with Crippen molar-refractivity contribution in [1.29, 1.82) is 0 Å². The number of rotatable bonds is 45. The van der Waals surface area contributed by atoms with Crippen molar-refractivity contribution < 1.29 is 62.0 Å². The summed E-state index contributed by atoms with van der Waals surface area (Å²) in [7, 11) is 0. The van der Waals surface area contributed by atoms with Crippen molar-refractivity contribution in [3.05, 3.63) is 0 Å². The van der Waals surface area contributed by atoms with Crippen molar-refractivity contribution in [2.45, 2.75) is 309 Å². The number of carbonyl (C=O) groups excluding carboxylic acids is 7. The number of unbranched alkanes of at least 4 members (excludes halogenated alkanes) is 21. The van der Waals surface area contributed by atoms with E-state index in [1.165, 1.54) is 108 Å². The van der Waals surface area contributed by atoms with Gasteiger partial charge < -0.3 is 38.1 Å². The number of esters is 5. The van der Waals surface area contributed by atoms with Crippen LogP contribution in [0, 0.1) is 5.92 Å². The van der Waals surface area contributed by atoms with Gasteiger partial charge in [-0.1, -0.05) is 252 Å². The minimum atomic E-state index is -0.582. The van der Waals surface area contributed by atoms with Gasteiger partial charge in [-0.05, 0) is 57.9 Å². The molecule has 0 radical (unpaired) electrons. The van der Waals surface area contributed by atoms with Gasteiger partial charge in [0, 0.05) is 12.5 Å². The highest BCUT2D eigenvalue weighted by atomic mass is 16.6. The molecule has 1 amide bonds. The van der Waals surface area contributed by atoms with E-state index in [4.69, 9.17) is 28.4 Å². The van der Waals surface area contributed by atoms with Gasteiger partial charge in [-0.2, -0.15) is 0 Å². The van der Waals surface area contributed by atoms with E-state index in [2.05, 4.69) is 41.5 Å². The predicted octanol–water partition coefficient (Wildman–Crippen LogP) is 16.9. The van der Waals surface area contributed by atoms with E-state index in [9.17, 15) is 33.6 Å². The van der Waals surface area contributed by atoms with Crippen molar-refractivity contribution in [2.75, 3.05) is 85.5 Å². The molecule has 1 unspecified atom stereocenters. The van der Waals surface area contributed by atoms with Crippen LogP contribution in [-0.4, -0.2) is 148 Å². The Labute approximate surface area is 517 Å². The van der Waals surface area contributed by atoms with Gasteiger partial charge in [-0.3, -0.25) is 33.8 Å². The Morgan fingerprint density at radius 2 is 0.655 bits per heavy atom. The van der Waals surface area contributed by atoms with E-state index < -0.39 is 24.0 Å². The minimum absolute atomic E-state index is 0.0405. The zero-order chi connectivity index (χ0) is 64.7. The first-order chi connectivity index (χ1) is 40.9. The Balaban J connectivity index is -0.000000295. The van der Waals surface area contributed by atoms with Crippen molar-refractivity contribution in [2.24, 2.45) is 5.92 Å². The number of hydrogen-bond acceptors (Lipinski definition) is 15. The number of aldehydes is 1. The second-order valence-electron chi connectivity index (χ2n) is 20.3. The van der Waals surface area contributed by atoms with Crippen molar-refractivity contribution in [3.8, 4) is 0 Å². The number of nitrogens with zero attached hydrogens (tertiary/aromatic N) is 3. The standard InChI is InChI=1S/C30H54N2O8.C22H43NO4.C4H6O.C4H10.4C2H6/c1-4-7-9-11-13-15-20-37-27(33)22-31(23-28(34)38-21-16-14-12-10-8-5-2)24-29(35)40-25-26-17-18-32(26)30(36)39-19-6-3;1-4-7-9-11-13-15-17-26-21(24)19-23(6-3)20-22(25)27-18-16-14-12-10-8-5-2;5-3-4-1-2-4;1-3-4-2;4*1-2/h26H,4-25H2,1-3H3;4-20H2,1-3H3;3-4H,1-2H2;3-4H2,1-2H3;4*1-2H3. The fourth-order valence-corrected chi connectivity index (χ4v) is 7.41. The number of carbonyl (C=O) groups is 7. The third-order valence-corrected chi connectivity index (χ3v) is 12.8. The highest BCUT2D eigenvalue weighted by Crippen LogP contribution is 2.25. The van der Waals surface area contributed by atoms with Gasteiger partial charge in [-0.25, -0.2) is 4.79 Å². The van der Waals surface area contributed by atoms with Gasteiger partial charge >= 0.3 is 35.9 Å². The summed E-state index contributed by atoms with van der Waals surface area (Å²) >= 11 is 0. The van der Waals surface area contributed by atoms with Crippen LogP contribution in [-0.2, 0) is 57.2 Å². The lowest BCUT2D eigenvalue weighted by molar-refractivity contribution is -0.154. The van der Waals surface area contributed by atoms with Crippen LogP contribution in [0.5, 0.6) is 0 Å². The summed E-state index contributed by atoms with van der Waals surface area (Å²) in [6.07, 6.45) is 33.9. The van der Waals surface area contributed by atoms with E-state index in [-0.39, 0.29) is 57.3 Å². The fraction of sp³-hybridized carbons (Fsp3) is 0.897. The monoisotopic (exact) mass is 1200 g/mol. The lowest BCUT2D eigenvalue weighted by atomic mass is 10.1. The Kier molecular flexibility index (Phi) is 84.0. The maximum atomic E-state index is 12.6. The molecule has 0 spiro atoms. The van der Waals surface area contributed by atoms with E-state index in [1.54, 1.807) is 9.80 Å². The normalized spacial score (nSPS) is 12.4. The SMILES string of the molecule is CC.CC.CC.CC.CCCC.CCCCCCCCOC(=O)CN(CC(=O)OCCCCCCCC)CC(=O)OCC1CCN1C(=O)OCCC.CCCCCCCCOC(=O)CN(CC)CC(=O)OCCCCCCCC.O=CC1CC1. The molecule has 1 atom stereocenters. The zero-order valence-electron chi connectivity index (χ0n) is 57.8. The summed E-state index contributed by atoms with van der Waals surface area (Å²) in [5.74, 6) is -1.62. The number of likely N-dealkylation sites (tertiary alicyclic amines) is 1. The summed E-state index contributed by atoms with van der Waals surface area (Å²) in [4.78, 5) is 87.6. The van der Waals surface area contributed by atoms with Crippen LogP contribution in [0.1, 0.15) is 303 Å². The number of hydrogen-bond donors (Lipinski definition) is 0. The molecule has 0 N–H and O–H groups in total. The Bertz CT molecular complexity index is 1350. The van der Waals surface area contributed by atoms with Gasteiger partial charge in [0.2, 0.25) is 0 Å². The second kappa shape index (κ2) is 77.2. The van der Waals surface area contributed by atoms with E-state index in [0.717, 1.165) is 89.8 Å². The van der Waals surface area contributed by atoms with Crippen LogP contribution in [0.25, 0.3) is 0 Å². The Morgan fingerprint density at radius 1 is 0.357 bits per heavy atom. The average molecular weight is 1200 g/mol. The molecule has 16 heteroatoms. The molecular weight excluding hydrogens is 1070 g/mol. The van der Waals surface area contributed by atoms with E-state index >= 15 is 0 Å². The number of likely N-dealkylation sites (N-methyl/N-ethyl adjacent to an activating group) is 1. The summed E-state index contributed by atoms with van der Waals surface area (Å²) in [5, 5.41) is 0. The van der Waals surface area contributed by atoms with Crippen LogP contribution in [0.15, 0.2) is 0 Å². The molecule has 2 aliphatic rings. The molecule has 16 nitrogen and oxygen atoms in total. The molecule has 2 rings (SSSR count). The van der Waals surface area contributed by atoms with Crippen molar-refractivity contribution >= 4 is 42.2 Å². The van der Waals surface area contributed by atoms with Crippen molar-refractivity contribution in [1.82, 2.24) is 14.7 Å². The Morgan fingerprint density at radius 3 is 0.893 bits per heavy atom. The fourth-order valence-electron chi connectivity index (χ4n) is 7.41. The zero-order valence-corrected chi connectivity index (χ0v) is 57.8. The molecular formula is C68H137N3O13. The summed E-state index contributed by atoms with van der Waals surface area (Å²) in [6, 6.07) is -0.230. The van der Waals surface area contributed by atoms with Gasteiger partial charge in [0.25, 0.3) is 0 Å². The molecule has 1 aliphatic heterocycles. The molecule has 0 bridgehead atoms. The van der Waals surface area contributed by atoms with Crippen LogP contribution in [0.3, 0.4) is 0 Å². The third-order valence-electron chi connectivity index (χ3n) is 12.8. The highest BCUT2D eigenvalue weighted by molar-refractivity contribution is 5.78. The molecule has 1 saturated heterocycles. The molecule has 502 valence electrons. The summed E-state index contributed by atoms with van der Waals surface area (Å²) in [6.45, 7) is 35.7. The first-order valence-corrected chi connectivity index (χ1v) is 34.5. The van der Waals surface area contributed by atoms with Gasteiger partial charge in [0.15, 0.2) is 0 Å². The first kappa shape index (κ1) is 91.4. The van der Waals surface area contributed by atoms with Gasteiger partial charge in [0.1, 0.15) is 12.9 Å². The number of amides is 1. The minimum Gasteiger partial charge on any atom is -0.465 e. The average Bonchev–Trinajstić information content (AvgIpc) is 4.35. The van der Waals surface area contributed by atoms with Gasteiger partial charge in [-0.15, -0.1) is 0 Å². The first-order valence-electron chi connectivity index (χ1n) is 34.5. The largest absolute Gasteiger partial charge is 0.465 e. The van der Waals surface area contributed by atoms with Crippen LogP contribution >= 0.6 is 0 Å².